The van der Waals surface area contributed by atoms with E-state index in [1.54, 1.807) is 38.1 Å². The van der Waals surface area contributed by atoms with Gasteiger partial charge in [0.2, 0.25) is 0 Å². The van der Waals surface area contributed by atoms with E-state index >= 15 is 0 Å². The monoisotopic (exact) mass is 299 g/mol. The Balaban J connectivity index is 2.14. The van der Waals surface area contributed by atoms with Crippen molar-refractivity contribution in [2.24, 2.45) is 0 Å². The van der Waals surface area contributed by atoms with Crippen LogP contribution in [-0.2, 0) is 4.79 Å². The Morgan fingerprint density at radius 3 is 2.41 bits per heavy atom. The predicted octanol–water partition coefficient (Wildman–Crippen LogP) is 3.10. The van der Waals surface area contributed by atoms with Crippen LogP contribution in [0.1, 0.15) is 22.8 Å². The highest BCUT2D eigenvalue weighted by molar-refractivity contribution is 6.02. The lowest BCUT2D eigenvalue weighted by Gasteiger charge is -2.17. The molecule has 1 atom stereocenters. The Labute approximate surface area is 128 Å². The van der Waals surface area contributed by atoms with Crippen LogP contribution in [0.3, 0.4) is 0 Å². The number of hydrogen-bond donors (Lipinski definition) is 2. The predicted molar refractivity (Wildman–Crippen MR) is 83.3 cm³/mol. The average molecular weight is 299 g/mol. The molecule has 5 nitrogen and oxygen atoms in total. The van der Waals surface area contributed by atoms with Crippen LogP contribution in [0.25, 0.3) is 0 Å². The quantitative estimate of drug-likeness (QED) is 0.889. The number of carbonyl (C=O) groups is 2. The maximum Gasteiger partial charge on any atom is 0.337 e. The van der Waals surface area contributed by atoms with E-state index < -0.39 is 18.0 Å². The Kier molecular flexibility index (Phi) is 4.78. The third-order valence-corrected chi connectivity index (χ3v) is 3.18. The van der Waals surface area contributed by atoms with Crippen LogP contribution in [0.15, 0.2) is 48.5 Å². The van der Waals surface area contributed by atoms with E-state index in [4.69, 9.17) is 4.74 Å². The van der Waals surface area contributed by atoms with E-state index in [0.717, 1.165) is 0 Å². The number of carbonyl (C=O) groups excluding carboxylic acids is 1. The summed E-state index contributed by atoms with van der Waals surface area (Å²) in [6.07, 6.45) is -0.747. The van der Waals surface area contributed by atoms with E-state index in [9.17, 15) is 14.7 Å². The largest absolute Gasteiger partial charge is 0.481 e. The second kappa shape index (κ2) is 6.76. The molecular formula is C17H17NO4. The molecule has 2 aromatic rings. The minimum atomic E-state index is -1.09. The molecule has 0 heterocycles. The molecule has 0 aliphatic carbocycles. The van der Waals surface area contributed by atoms with Gasteiger partial charge < -0.3 is 15.2 Å². The van der Waals surface area contributed by atoms with Crippen LogP contribution in [0.2, 0.25) is 0 Å². The Bertz CT molecular complexity index is 682. The van der Waals surface area contributed by atoms with Crippen molar-refractivity contribution in [3.05, 3.63) is 59.7 Å². The number of aromatic carboxylic acids is 1. The van der Waals surface area contributed by atoms with Gasteiger partial charge in [-0.15, -0.1) is 0 Å². The molecular weight excluding hydrogens is 282 g/mol. The van der Waals surface area contributed by atoms with Crippen LogP contribution in [0, 0.1) is 6.92 Å². The van der Waals surface area contributed by atoms with Crippen LogP contribution in [0.4, 0.5) is 5.69 Å². The molecule has 0 saturated carbocycles. The lowest BCUT2D eigenvalue weighted by molar-refractivity contribution is -0.122. The fourth-order valence-corrected chi connectivity index (χ4v) is 1.99. The van der Waals surface area contributed by atoms with E-state index in [1.807, 2.05) is 18.2 Å². The molecule has 114 valence electrons. The molecule has 0 fully saturated rings. The number of benzene rings is 2. The van der Waals surface area contributed by atoms with Crippen molar-refractivity contribution in [2.45, 2.75) is 20.0 Å². The Morgan fingerprint density at radius 1 is 1.09 bits per heavy atom. The summed E-state index contributed by atoms with van der Waals surface area (Å²) in [5.41, 5.74) is 1.03. The first kappa shape index (κ1) is 15.6. The van der Waals surface area contributed by atoms with Gasteiger partial charge in [0.1, 0.15) is 5.75 Å². The van der Waals surface area contributed by atoms with Crippen molar-refractivity contribution in [3.8, 4) is 5.75 Å². The highest BCUT2D eigenvalue weighted by Crippen LogP contribution is 2.21. The molecule has 0 aliphatic heterocycles. The molecule has 0 bridgehead atoms. The number of anilines is 1. The van der Waals surface area contributed by atoms with E-state index in [2.05, 4.69) is 5.32 Å². The number of carboxylic acids is 1. The highest BCUT2D eigenvalue weighted by atomic mass is 16.5. The molecule has 0 spiro atoms. The molecule has 0 aromatic heterocycles. The van der Waals surface area contributed by atoms with Crippen LogP contribution in [0.5, 0.6) is 5.75 Å². The van der Waals surface area contributed by atoms with Crippen molar-refractivity contribution in [1.82, 2.24) is 0 Å². The molecule has 0 radical (unpaired) electrons. The number of amides is 1. The van der Waals surface area contributed by atoms with Crippen molar-refractivity contribution in [2.75, 3.05) is 5.32 Å². The van der Waals surface area contributed by atoms with E-state index in [-0.39, 0.29) is 5.56 Å². The van der Waals surface area contributed by atoms with Crippen LogP contribution in [-0.4, -0.2) is 23.1 Å². The van der Waals surface area contributed by atoms with Gasteiger partial charge in [-0.1, -0.05) is 30.3 Å². The van der Waals surface area contributed by atoms with Gasteiger partial charge in [-0.25, -0.2) is 4.79 Å². The number of rotatable bonds is 5. The lowest BCUT2D eigenvalue weighted by atomic mass is 10.1. The lowest BCUT2D eigenvalue weighted by Crippen LogP contribution is -2.31. The minimum Gasteiger partial charge on any atom is -0.481 e. The molecule has 2 rings (SSSR count). The average Bonchev–Trinajstić information content (AvgIpc) is 2.49. The van der Waals surface area contributed by atoms with E-state index in [1.165, 1.54) is 6.07 Å². The first-order valence-electron chi connectivity index (χ1n) is 6.84. The first-order chi connectivity index (χ1) is 10.5. The van der Waals surface area contributed by atoms with Gasteiger partial charge in [0.15, 0.2) is 6.10 Å². The molecule has 1 unspecified atom stereocenters. The number of aryl methyl sites for hydroxylation is 1. The molecule has 2 aromatic carbocycles. The Hall–Kier alpha value is -2.82. The zero-order chi connectivity index (χ0) is 16.1. The second-order valence-electron chi connectivity index (χ2n) is 4.87. The van der Waals surface area contributed by atoms with Crippen molar-refractivity contribution >= 4 is 17.6 Å². The van der Waals surface area contributed by atoms with Crippen molar-refractivity contribution in [3.63, 3.8) is 0 Å². The number of para-hydroxylation sites is 2. The molecule has 2 N–H and O–H groups in total. The summed E-state index contributed by atoms with van der Waals surface area (Å²) in [5.74, 6) is -0.912. The number of hydrogen-bond acceptors (Lipinski definition) is 3. The summed E-state index contributed by atoms with van der Waals surface area (Å²) < 4.78 is 5.53. The number of ether oxygens (including phenoxy) is 1. The molecule has 0 saturated heterocycles. The highest BCUT2D eigenvalue weighted by Gasteiger charge is 2.19. The topological polar surface area (TPSA) is 75.6 Å². The van der Waals surface area contributed by atoms with Crippen molar-refractivity contribution in [1.29, 1.82) is 0 Å². The minimum absolute atomic E-state index is 0.0558. The van der Waals surface area contributed by atoms with Gasteiger partial charge in [-0.05, 0) is 37.6 Å². The van der Waals surface area contributed by atoms with Gasteiger partial charge >= 0.3 is 5.97 Å². The van der Waals surface area contributed by atoms with Crippen LogP contribution < -0.4 is 10.1 Å². The summed E-state index contributed by atoms with van der Waals surface area (Å²) >= 11 is 0. The zero-order valence-corrected chi connectivity index (χ0v) is 12.4. The second-order valence-corrected chi connectivity index (χ2v) is 4.87. The summed E-state index contributed by atoms with van der Waals surface area (Å²) in [6, 6.07) is 13.8. The van der Waals surface area contributed by atoms with Crippen molar-refractivity contribution < 1.29 is 19.4 Å². The summed E-state index contributed by atoms with van der Waals surface area (Å²) in [4.78, 5) is 23.4. The first-order valence-corrected chi connectivity index (χ1v) is 6.84. The molecule has 0 aliphatic rings. The third-order valence-electron chi connectivity index (χ3n) is 3.18. The van der Waals surface area contributed by atoms with Gasteiger partial charge in [-0.3, -0.25) is 4.79 Å². The number of carboxylic acid groups (broad SMARTS) is 1. The van der Waals surface area contributed by atoms with Gasteiger partial charge in [-0.2, -0.15) is 0 Å². The van der Waals surface area contributed by atoms with Gasteiger partial charge in [0.05, 0.1) is 11.3 Å². The molecule has 5 heteroatoms. The Morgan fingerprint density at radius 2 is 1.77 bits per heavy atom. The van der Waals surface area contributed by atoms with Crippen LogP contribution >= 0.6 is 0 Å². The smallest absolute Gasteiger partial charge is 0.337 e. The fraction of sp³-hybridized carbons (Fsp3) is 0.176. The van der Waals surface area contributed by atoms with Gasteiger partial charge in [0.25, 0.3) is 5.91 Å². The molecule has 22 heavy (non-hydrogen) atoms. The van der Waals surface area contributed by atoms with Gasteiger partial charge in [0, 0.05) is 0 Å². The standard InChI is InChI=1S/C17H17NO4/c1-11-7-6-10-14(17(20)21)15(11)18-16(19)12(2)22-13-8-4-3-5-9-13/h3-10,12H,1-2H3,(H,18,19)(H,20,21). The molecule has 1 amide bonds. The van der Waals surface area contributed by atoms with E-state index in [0.29, 0.717) is 17.0 Å². The number of nitrogens with one attached hydrogen (secondary N) is 1. The summed E-state index contributed by atoms with van der Waals surface area (Å²) in [5, 5.41) is 11.8. The fourth-order valence-electron chi connectivity index (χ4n) is 1.99. The summed E-state index contributed by atoms with van der Waals surface area (Å²) in [6.45, 7) is 3.35. The maximum atomic E-state index is 12.2. The summed E-state index contributed by atoms with van der Waals surface area (Å²) in [7, 11) is 0. The SMILES string of the molecule is Cc1cccc(C(=O)O)c1NC(=O)C(C)Oc1ccccc1. The maximum absolute atomic E-state index is 12.2. The zero-order valence-electron chi connectivity index (χ0n) is 12.4. The normalized spacial score (nSPS) is 11.5. The third kappa shape index (κ3) is 3.63.